The first kappa shape index (κ1) is 13.3. The van der Waals surface area contributed by atoms with E-state index in [2.05, 4.69) is 19.9 Å². The third kappa shape index (κ3) is 2.82. The number of aryl methyl sites for hydroxylation is 3. The lowest BCUT2D eigenvalue weighted by molar-refractivity contribution is 0.734. The fourth-order valence-corrected chi connectivity index (χ4v) is 2.54. The summed E-state index contributed by atoms with van der Waals surface area (Å²) >= 11 is 6.10. The molecule has 0 saturated carbocycles. The van der Waals surface area contributed by atoms with E-state index in [1.54, 1.807) is 0 Å². The molecule has 1 aromatic heterocycles. The Bertz CT molecular complexity index is 564. The Morgan fingerprint density at radius 2 is 1.89 bits per heavy atom. The highest BCUT2D eigenvalue weighted by Crippen LogP contribution is 2.25. The van der Waals surface area contributed by atoms with E-state index in [1.807, 2.05) is 12.1 Å². The molecular weight excluding hydrogens is 244 g/mol. The van der Waals surface area contributed by atoms with Gasteiger partial charge in [-0.25, -0.2) is 0 Å². The molecule has 0 aliphatic rings. The first-order valence-electron chi connectivity index (χ1n) is 6.38. The Hall–Kier alpha value is -1.12. The molecule has 18 heavy (non-hydrogen) atoms. The summed E-state index contributed by atoms with van der Waals surface area (Å²) in [5, 5.41) is 1.93. The molecule has 0 bridgehead atoms. The second-order valence-electron chi connectivity index (χ2n) is 4.80. The van der Waals surface area contributed by atoms with Crippen molar-refractivity contribution in [3.8, 4) is 0 Å². The molecule has 0 radical (unpaired) electrons. The molecule has 2 rings (SSSR count). The maximum atomic E-state index is 6.10. The number of rotatable bonds is 4. The van der Waals surface area contributed by atoms with E-state index >= 15 is 0 Å². The van der Waals surface area contributed by atoms with Crippen molar-refractivity contribution in [2.24, 2.45) is 5.73 Å². The van der Waals surface area contributed by atoms with Crippen LogP contribution in [0.4, 0.5) is 0 Å². The number of hydrogen-bond donors (Lipinski definition) is 1. The molecule has 2 N–H and O–H groups in total. The van der Waals surface area contributed by atoms with Crippen molar-refractivity contribution in [2.45, 2.75) is 33.1 Å². The summed E-state index contributed by atoms with van der Waals surface area (Å²) in [5.41, 5.74) is 10.1. The molecule has 1 aromatic carbocycles. The molecule has 0 unspecified atom stereocenters. The lowest BCUT2D eigenvalue weighted by Crippen LogP contribution is -2.00. The molecule has 0 atom stereocenters. The van der Waals surface area contributed by atoms with Crippen LogP contribution >= 0.6 is 11.6 Å². The van der Waals surface area contributed by atoms with Crippen LogP contribution in [-0.4, -0.2) is 11.5 Å². The van der Waals surface area contributed by atoms with Crippen LogP contribution in [0.3, 0.4) is 0 Å². The lowest BCUT2D eigenvalue weighted by Gasteiger charge is -2.09. The van der Waals surface area contributed by atoms with Crippen molar-refractivity contribution in [1.82, 2.24) is 4.98 Å². The number of aromatic nitrogens is 1. The van der Waals surface area contributed by atoms with Crippen LogP contribution in [0.2, 0.25) is 5.02 Å². The van der Waals surface area contributed by atoms with E-state index in [9.17, 15) is 0 Å². The van der Waals surface area contributed by atoms with E-state index in [0.717, 1.165) is 53.0 Å². The average Bonchev–Trinajstić information content (AvgIpc) is 2.31. The molecule has 0 amide bonds. The Balaban J connectivity index is 2.42. The Labute approximate surface area is 113 Å². The molecule has 1 heterocycles. The third-order valence-electron chi connectivity index (χ3n) is 3.22. The Morgan fingerprint density at radius 3 is 2.61 bits per heavy atom. The van der Waals surface area contributed by atoms with Crippen molar-refractivity contribution in [3.05, 3.63) is 40.0 Å². The number of nitrogens with two attached hydrogens (primary N) is 1. The van der Waals surface area contributed by atoms with Crippen molar-refractivity contribution in [1.29, 1.82) is 0 Å². The van der Waals surface area contributed by atoms with Gasteiger partial charge in [0.2, 0.25) is 0 Å². The van der Waals surface area contributed by atoms with Crippen LogP contribution in [-0.2, 0) is 6.42 Å². The third-order valence-corrected chi connectivity index (χ3v) is 3.43. The van der Waals surface area contributed by atoms with Gasteiger partial charge in [-0.1, -0.05) is 11.6 Å². The number of pyridine rings is 1. The van der Waals surface area contributed by atoms with Crippen LogP contribution in [0, 0.1) is 13.8 Å². The predicted octanol–water partition coefficient (Wildman–Crippen LogP) is 3.79. The maximum Gasteiger partial charge on any atom is 0.0738 e. The quantitative estimate of drug-likeness (QED) is 0.852. The van der Waals surface area contributed by atoms with Crippen molar-refractivity contribution < 1.29 is 0 Å². The minimum Gasteiger partial charge on any atom is -0.330 e. The van der Waals surface area contributed by atoms with Crippen molar-refractivity contribution in [3.63, 3.8) is 0 Å². The second kappa shape index (κ2) is 5.68. The summed E-state index contributed by atoms with van der Waals surface area (Å²) in [6, 6.07) is 6.13. The zero-order valence-corrected chi connectivity index (χ0v) is 11.7. The Kier molecular flexibility index (Phi) is 4.20. The topological polar surface area (TPSA) is 38.9 Å². The fourth-order valence-electron chi connectivity index (χ4n) is 2.27. The smallest absolute Gasteiger partial charge is 0.0738 e. The van der Waals surface area contributed by atoms with Gasteiger partial charge in [0.1, 0.15) is 0 Å². The lowest BCUT2D eigenvalue weighted by atomic mass is 10.0. The zero-order chi connectivity index (χ0) is 13.1. The molecule has 96 valence electrons. The summed E-state index contributed by atoms with van der Waals surface area (Å²) in [6.45, 7) is 4.93. The monoisotopic (exact) mass is 262 g/mol. The van der Waals surface area contributed by atoms with Crippen LogP contribution < -0.4 is 5.73 Å². The van der Waals surface area contributed by atoms with Gasteiger partial charge in [-0.2, -0.15) is 0 Å². The van der Waals surface area contributed by atoms with Crippen LogP contribution in [0.25, 0.3) is 10.9 Å². The number of nitrogens with zero attached hydrogens (tertiary/aromatic N) is 1. The average molecular weight is 263 g/mol. The SMILES string of the molecule is Cc1cc(CCCCN)nc2c(C)cc(Cl)cc12. The first-order valence-corrected chi connectivity index (χ1v) is 6.76. The number of hydrogen-bond acceptors (Lipinski definition) is 2. The predicted molar refractivity (Wildman–Crippen MR) is 78.2 cm³/mol. The standard InChI is InChI=1S/C15H19ClN2/c1-10-8-13(5-3-4-6-17)18-15-11(2)7-12(16)9-14(10)15/h7-9H,3-6,17H2,1-2H3. The number of fused-ring (bicyclic) bond motifs is 1. The van der Waals surface area contributed by atoms with Crippen molar-refractivity contribution in [2.75, 3.05) is 6.54 Å². The minimum absolute atomic E-state index is 0.751. The van der Waals surface area contributed by atoms with E-state index < -0.39 is 0 Å². The number of halogens is 1. The summed E-state index contributed by atoms with van der Waals surface area (Å²) in [4.78, 5) is 4.75. The summed E-state index contributed by atoms with van der Waals surface area (Å²) < 4.78 is 0. The summed E-state index contributed by atoms with van der Waals surface area (Å²) in [5.74, 6) is 0. The van der Waals surface area contributed by atoms with E-state index in [0.29, 0.717) is 0 Å². The van der Waals surface area contributed by atoms with E-state index in [4.69, 9.17) is 22.3 Å². The van der Waals surface area contributed by atoms with Gasteiger partial charge in [-0.15, -0.1) is 0 Å². The highest BCUT2D eigenvalue weighted by atomic mass is 35.5. The van der Waals surface area contributed by atoms with Crippen LogP contribution in [0.5, 0.6) is 0 Å². The van der Waals surface area contributed by atoms with Gasteiger partial charge in [-0.3, -0.25) is 4.98 Å². The second-order valence-corrected chi connectivity index (χ2v) is 5.23. The van der Waals surface area contributed by atoms with Gasteiger partial charge in [-0.05, 0) is 69.0 Å². The van der Waals surface area contributed by atoms with Gasteiger partial charge >= 0.3 is 0 Å². The molecule has 0 aliphatic heterocycles. The largest absolute Gasteiger partial charge is 0.330 e. The zero-order valence-electron chi connectivity index (χ0n) is 11.0. The molecule has 0 fully saturated rings. The van der Waals surface area contributed by atoms with Gasteiger partial charge in [0, 0.05) is 16.1 Å². The van der Waals surface area contributed by atoms with E-state index in [-0.39, 0.29) is 0 Å². The molecule has 0 saturated heterocycles. The molecule has 0 aliphatic carbocycles. The maximum absolute atomic E-state index is 6.10. The fraction of sp³-hybridized carbons (Fsp3) is 0.400. The van der Waals surface area contributed by atoms with Gasteiger partial charge < -0.3 is 5.73 Å². The molecule has 3 heteroatoms. The van der Waals surface area contributed by atoms with Crippen molar-refractivity contribution >= 4 is 22.5 Å². The summed E-state index contributed by atoms with van der Waals surface area (Å²) in [6.07, 6.45) is 3.15. The van der Waals surface area contributed by atoms with Crippen LogP contribution in [0.15, 0.2) is 18.2 Å². The first-order chi connectivity index (χ1) is 8.61. The molecule has 2 aromatic rings. The highest BCUT2D eigenvalue weighted by molar-refractivity contribution is 6.31. The normalized spacial score (nSPS) is 11.1. The summed E-state index contributed by atoms with van der Waals surface area (Å²) in [7, 11) is 0. The van der Waals surface area contributed by atoms with Crippen LogP contribution in [0.1, 0.15) is 29.7 Å². The van der Waals surface area contributed by atoms with Gasteiger partial charge in [0.15, 0.2) is 0 Å². The molecular formula is C15H19ClN2. The Morgan fingerprint density at radius 1 is 1.11 bits per heavy atom. The van der Waals surface area contributed by atoms with Gasteiger partial charge in [0.05, 0.1) is 5.52 Å². The molecule has 0 spiro atoms. The number of benzene rings is 1. The number of unbranched alkanes of at least 4 members (excludes halogenated alkanes) is 1. The molecule has 2 nitrogen and oxygen atoms in total. The minimum atomic E-state index is 0.751. The highest BCUT2D eigenvalue weighted by Gasteiger charge is 2.06. The van der Waals surface area contributed by atoms with Gasteiger partial charge in [0.25, 0.3) is 0 Å². The van der Waals surface area contributed by atoms with E-state index in [1.165, 1.54) is 5.56 Å².